The summed E-state index contributed by atoms with van der Waals surface area (Å²) >= 11 is 1.50. The number of carbonyl (C=O) groups is 1. The van der Waals surface area contributed by atoms with Gasteiger partial charge in [0.05, 0.1) is 17.0 Å². The molecule has 0 atom stereocenters. The molecule has 1 amide bonds. The Hall–Kier alpha value is -3.19. The topological polar surface area (TPSA) is 69.0 Å². The summed E-state index contributed by atoms with van der Waals surface area (Å²) in [7, 11) is 0. The number of aryl methyl sites for hydroxylation is 3. The summed E-state index contributed by atoms with van der Waals surface area (Å²) in [5.74, 6) is 1.17. The van der Waals surface area contributed by atoms with Gasteiger partial charge in [0.1, 0.15) is 17.1 Å². The Morgan fingerprint density at radius 3 is 2.76 bits per heavy atom. The van der Waals surface area contributed by atoms with Crippen molar-refractivity contribution in [3.63, 3.8) is 0 Å². The normalized spacial score (nSPS) is 11.0. The number of para-hydroxylation sites is 1. The average Bonchev–Trinajstić information content (AvgIpc) is 3.25. The Labute approximate surface area is 173 Å². The number of amides is 1. The third-order valence-corrected chi connectivity index (χ3v) is 5.55. The van der Waals surface area contributed by atoms with Gasteiger partial charge in [-0.3, -0.25) is 4.79 Å². The predicted molar refractivity (Wildman–Crippen MR) is 117 cm³/mol. The van der Waals surface area contributed by atoms with Gasteiger partial charge in [0.25, 0.3) is 5.91 Å². The maximum absolute atomic E-state index is 12.9. The highest BCUT2D eigenvalue weighted by Crippen LogP contribution is 2.32. The van der Waals surface area contributed by atoms with E-state index in [1.54, 1.807) is 4.68 Å². The third kappa shape index (κ3) is 3.73. The summed E-state index contributed by atoms with van der Waals surface area (Å²) in [5, 5.41) is 8.21. The van der Waals surface area contributed by atoms with Crippen LogP contribution in [0.1, 0.15) is 34.1 Å². The van der Waals surface area contributed by atoms with Gasteiger partial charge in [-0.2, -0.15) is 9.78 Å². The largest absolute Gasteiger partial charge is 0.492 e. The van der Waals surface area contributed by atoms with Crippen molar-refractivity contribution in [1.82, 2.24) is 14.8 Å². The summed E-state index contributed by atoms with van der Waals surface area (Å²) in [6.07, 6.45) is 0. The lowest BCUT2D eigenvalue weighted by molar-refractivity contribution is 0.102. The van der Waals surface area contributed by atoms with E-state index in [1.807, 2.05) is 70.2 Å². The van der Waals surface area contributed by atoms with Crippen LogP contribution in [0.15, 0.2) is 42.5 Å². The minimum Gasteiger partial charge on any atom is -0.492 e. The van der Waals surface area contributed by atoms with E-state index in [1.165, 1.54) is 11.3 Å². The molecule has 1 N–H and O–H groups in total. The molecule has 0 aliphatic carbocycles. The average molecular weight is 407 g/mol. The Morgan fingerprint density at radius 1 is 1.17 bits per heavy atom. The number of fused-ring (bicyclic) bond motifs is 1. The van der Waals surface area contributed by atoms with Gasteiger partial charge in [-0.15, -0.1) is 0 Å². The van der Waals surface area contributed by atoms with Crippen LogP contribution in [0.25, 0.3) is 15.3 Å². The first kappa shape index (κ1) is 19.1. The Morgan fingerprint density at radius 2 is 2.00 bits per heavy atom. The van der Waals surface area contributed by atoms with Crippen LogP contribution in [0, 0.1) is 20.8 Å². The van der Waals surface area contributed by atoms with Crippen LogP contribution < -0.4 is 10.1 Å². The molecule has 2 aromatic carbocycles. The van der Waals surface area contributed by atoms with E-state index in [9.17, 15) is 4.79 Å². The molecule has 7 heteroatoms. The summed E-state index contributed by atoms with van der Waals surface area (Å²) in [4.78, 5) is 17.6. The summed E-state index contributed by atoms with van der Waals surface area (Å²) in [5.41, 5.74) is 4.30. The molecule has 148 valence electrons. The minimum atomic E-state index is -0.167. The highest BCUT2D eigenvalue weighted by molar-refractivity contribution is 7.20. The zero-order valence-electron chi connectivity index (χ0n) is 16.8. The van der Waals surface area contributed by atoms with Crippen molar-refractivity contribution in [3.8, 4) is 10.9 Å². The highest BCUT2D eigenvalue weighted by Gasteiger charge is 2.17. The van der Waals surface area contributed by atoms with Crippen molar-refractivity contribution < 1.29 is 9.53 Å². The molecule has 4 aromatic rings. The first-order valence-electron chi connectivity index (χ1n) is 9.44. The van der Waals surface area contributed by atoms with Crippen LogP contribution in [0.3, 0.4) is 0 Å². The molecule has 0 spiro atoms. The van der Waals surface area contributed by atoms with Crippen molar-refractivity contribution in [2.24, 2.45) is 0 Å². The smallest absolute Gasteiger partial charge is 0.257 e. The SMILES string of the molecule is CCOc1cccc2sc(-n3nc(C)cc3NC(=O)c3ccc(C)cc3C)nc12. The maximum Gasteiger partial charge on any atom is 0.257 e. The van der Waals surface area contributed by atoms with E-state index in [2.05, 4.69) is 10.4 Å². The standard InChI is InChI=1S/C22H22N4O2S/c1-5-28-17-7-6-8-18-20(17)24-22(29-18)26-19(12-15(4)25-26)23-21(27)16-10-9-13(2)11-14(16)3/h6-12H,5H2,1-4H3,(H,23,27). The van der Waals surface area contributed by atoms with E-state index in [0.29, 0.717) is 23.1 Å². The van der Waals surface area contributed by atoms with Gasteiger partial charge in [-0.1, -0.05) is 35.1 Å². The molecular formula is C22H22N4O2S. The summed E-state index contributed by atoms with van der Waals surface area (Å²) in [6.45, 7) is 8.36. The number of ether oxygens (including phenoxy) is 1. The van der Waals surface area contributed by atoms with Gasteiger partial charge >= 0.3 is 0 Å². The molecule has 0 aliphatic rings. The van der Waals surface area contributed by atoms with Crippen molar-refractivity contribution >= 4 is 33.3 Å². The number of aromatic nitrogens is 3. The number of nitrogens with one attached hydrogen (secondary N) is 1. The second-order valence-corrected chi connectivity index (χ2v) is 7.90. The van der Waals surface area contributed by atoms with E-state index in [0.717, 1.165) is 32.8 Å². The van der Waals surface area contributed by atoms with Gasteiger partial charge in [-0.05, 0) is 51.5 Å². The molecule has 0 saturated carbocycles. The molecule has 2 heterocycles. The van der Waals surface area contributed by atoms with Gasteiger partial charge in [0.15, 0.2) is 0 Å². The lowest BCUT2D eigenvalue weighted by Crippen LogP contribution is -2.16. The number of nitrogens with zero attached hydrogens (tertiary/aromatic N) is 3. The van der Waals surface area contributed by atoms with Crippen LogP contribution in [0.2, 0.25) is 0 Å². The van der Waals surface area contributed by atoms with Crippen LogP contribution in [0.5, 0.6) is 5.75 Å². The van der Waals surface area contributed by atoms with Crippen molar-refractivity contribution in [3.05, 3.63) is 64.8 Å². The zero-order chi connectivity index (χ0) is 20.5. The van der Waals surface area contributed by atoms with Gasteiger partial charge in [-0.25, -0.2) is 4.98 Å². The lowest BCUT2D eigenvalue weighted by atomic mass is 10.1. The van der Waals surface area contributed by atoms with Crippen molar-refractivity contribution in [2.45, 2.75) is 27.7 Å². The monoisotopic (exact) mass is 406 g/mol. The number of rotatable bonds is 5. The number of hydrogen-bond donors (Lipinski definition) is 1. The minimum absolute atomic E-state index is 0.167. The fourth-order valence-electron chi connectivity index (χ4n) is 3.26. The second-order valence-electron chi connectivity index (χ2n) is 6.89. The quantitative estimate of drug-likeness (QED) is 0.503. The molecule has 29 heavy (non-hydrogen) atoms. The van der Waals surface area contributed by atoms with Gasteiger partial charge in [0, 0.05) is 11.6 Å². The molecule has 0 bridgehead atoms. The van der Waals surface area contributed by atoms with E-state index in [-0.39, 0.29) is 5.91 Å². The number of hydrogen-bond acceptors (Lipinski definition) is 5. The van der Waals surface area contributed by atoms with Crippen LogP contribution in [-0.2, 0) is 0 Å². The van der Waals surface area contributed by atoms with E-state index < -0.39 is 0 Å². The predicted octanol–water partition coefficient (Wildman–Crippen LogP) is 5.06. The molecular weight excluding hydrogens is 384 g/mol. The van der Waals surface area contributed by atoms with Gasteiger partial charge < -0.3 is 10.1 Å². The molecule has 0 fully saturated rings. The second kappa shape index (κ2) is 7.67. The van der Waals surface area contributed by atoms with Crippen molar-refractivity contribution in [2.75, 3.05) is 11.9 Å². The molecule has 6 nitrogen and oxygen atoms in total. The van der Waals surface area contributed by atoms with Crippen LogP contribution in [-0.4, -0.2) is 27.3 Å². The number of anilines is 1. The number of thiazole rings is 1. The van der Waals surface area contributed by atoms with Crippen molar-refractivity contribution in [1.29, 1.82) is 0 Å². The third-order valence-electron chi connectivity index (χ3n) is 4.55. The summed E-state index contributed by atoms with van der Waals surface area (Å²) in [6, 6.07) is 13.5. The molecule has 0 aliphatic heterocycles. The Bertz CT molecular complexity index is 1210. The van der Waals surface area contributed by atoms with Gasteiger partial charge in [0.2, 0.25) is 5.13 Å². The Kier molecular flexibility index (Phi) is 5.07. The fourth-order valence-corrected chi connectivity index (χ4v) is 4.21. The number of benzene rings is 2. The fraction of sp³-hybridized carbons (Fsp3) is 0.227. The first-order chi connectivity index (χ1) is 14.0. The molecule has 0 radical (unpaired) electrons. The Balaban J connectivity index is 1.71. The maximum atomic E-state index is 12.9. The molecule has 0 unspecified atom stereocenters. The summed E-state index contributed by atoms with van der Waals surface area (Å²) < 4.78 is 8.38. The van der Waals surface area contributed by atoms with Crippen LogP contribution in [0.4, 0.5) is 5.82 Å². The first-order valence-corrected chi connectivity index (χ1v) is 10.3. The molecule has 0 saturated heterocycles. The van der Waals surface area contributed by atoms with E-state index >= 15 is 0 Å². The molecule has 2 aromatic heterocycles. The lowest BCUT2D eigenvalue weighted by Gasteiger charge is -2.09. The number of carbonyl (C=O) groups excluding carboxylic acids is 1. The van der Waals surface area contributed by atoms with Crippen LogP contribution >= 0.6 is 11.3 Å². The zero-order valence-corrected chi connectivity index (χ0v) is 17.6. The highest BCUT2D eigenvalue weighted by atomic mass is 32.1. The molecule has 4 rings (SSSR count). The van der Waals surface area contributed by atoms with E-state index in [4.69, 9.17) is 9.72 Å².